The first-order valence-corrected chi connectivity index (χ1v) is 16.5. The van der Waals surface area contributed by atoms with Crippen LogP contribution in [0.5, 0.6) is 0 Å². The topological polar surface area (TPSA) is 29.0 Å². The fourth-order valence-electron chi connectivity index (χ4n) is 6.86. The Hall–Kier alpha value is -5.23. The average Bonchev–Trinajstić information content (AvgIpc) is 3.51. The van der Waals surface area contributed by atoms with Gasteiger partial charge in [0.25, 0.3) is 0 Å². The molecular formula is C40H23N3S2. The lowest BCUT2D eigenvalue weighted by atomic mass is 9.90. The van der Waals surface area contributed by atoms with Crippen molar-refractivity contribution >= 4 is 87.5 Å². The molecule has 0 fully saturated rings. The molecule has 3 nitrogen and oxygen atoms in total. The minimum atomic E-state index is 0.387. The van der Waals surface area contributed by atoms with E-state index in [1.807, 2.05) is 47.7 Å². The molecule has 0 spiro atoms. The van der Waals surface area contributed by atoms with E-state index in [0.29, 0.717) is 17.5 Å². The van der Waals surface area contributed by atoms with E-state index in [4.69, 9.17) is 11.3 Å². The summed E-state index contributed by atoms with van der Waals surface area (Å²) in [6.07, 6.45) is 0. The van der Waals surface area contributed by atoms with E-state index in [1.54, 1.807) is 11.9 Å². The van der Waals surface area contributed by atoms with Crippen molar-refractivity contribution in [1.82, 2.24) is 9.97 Å². The highest BCUT2D eigenvalue weighted by atomic mass is 32.2. The molecule has 10 rings (SSSR count). The molecule has 0 radical (unpaired) electrons. The molecule has 0 saturated heterocycles. The van der Waals surface area contributed by atoms with E-state index in [0.717, 1.165) is 27.2 Å². The van der Waals surface area contributed by atoms with Gasteiger partial charge in [-0.15, -0.1) is 11.3 Å². The van der Waals surface area contributed by atoms with Gasteiger partial charge < -0.3 is 0 Å². The smallest absolute Gasteiger partial charge is 0.241 e. The third-order valence-corrected chi connectivity index (χ3v) is 11.0. The zero-order valence-corrected chi connectivity index (χ0v) is 25.5. The molecule has 5 heteroatoms. The van der Waals surface area contributed by atoms with Gasteiger partial charge in [-0.1, -0.05) is 121 Å². The fourth-order valence-corrected chi connectivity index (χ4v) is 9.24. The molecule has 0 aliphatic carbocycles. The monoisotopic (exact) mass is 610 g/mol. The van der Waals surface area contributed by atoms with Gasteiger partial charge in [0, 0.05) is 42.4 Å². The number of benzene rings is 7. The van der Waals surface area contributed by atoms with Gasteiger partial charge in [-0.05, 0) is 51.7 Å². The van der Waals surface area contributed by atoms with E-state index in [-0.39, 0.29) is 0 Å². The summed E-state index contributed by atoms with van der Waals surface area (Å²) in [5.41, 5.74) is 6.02. The van der Waals surface area contributed by atoms with Gasteiger partial charge in [0.1, 0.15) is 0 Å². The Morgan fingerprint density at radius 1 is 0.578 bits per heavy atom. The second-order valence-electron chi connectivity index (χ2n) is 11.3. The molecular weight excluding hydrogens is 587 g/mol. The Bertz CT molecular complexity index is 2700. The first-order chi connectivity index (χ1) is 22.7. The molecule has 0 amide bonds. The van der Waals surface area contributed by atoms with Crippen molar-refractivity contribution in [3.05, 3.63) is 140 Å². The summed E-state index contributed by atoms with van der Waals surface area (Å²) in [5.74, 6) is 0.574. The lowest BCUT2D eigenvalue weighted by Gasteiger charge is -2.32. The van der Waals surface area contributed by atoms with Crippen LogP contribution in [0.2, 0.25) is 0 Å². The van der Waals surface area contributed by atoms with Crippen LogP contribution in [0, 0.1) is 0 Å². The van der Waals surface area contributed by atoms with Gasteiger partial charge in [0.2, 0.25) is 5.95 Å². The summed E-state index contributed by atoms with van der Waals surface area (Å²) in [5, 5.41) is 8.30. The average molecular weight is 611 g/mol. The number of anilines is 2. The molecule has 0 atom stereocenters. The Labute approximate surface area is 269 Å². The number of thiophene rings is 1. The van der Waals surface area contributed by atoms with Crippen molar-refractivity contribution in [2.75, 3.05) is 4.31 Å². The summed E-state index contributed by atoms with van der Waals surface area (Å²) >= 11 is 3.50. The highest BCUT2D eigenvalue weighted by Gasteiger charge is 2.33. The number of fused-ring (bicyclic) bond motifs is 13. The fraction of sp³-hybridized carbons (Fsp3) is 0. The molecule has 1 aliphatic heterocycles. The molecule has 3 heterocycles. The maximum atomic E-state index is 8.88. The zero-order valence-electron chi connectivity index (χ0n) is 24.9. The Kier molecular flexibility index (Phi) is 5.17. The highest BCUT2D eigenvalue weighted by Crippen LogP contribution is 2.59. The zero-order chi connectivity index (χ0) is 30.4. The molecule has 0 saturated carbocycles. The highest BCUT2D eigenvalue weighted by molar-refractivity contribution is 8.01. The minimum Gasteiger partial charge on any atom is -0.246 e. The molecule has 210 valence electrons. The Morgan fingerprint density at radius 3 is 2.18 bits per heavy atom. The quantitative estimate of drug-likeness (QED) is 0.182. The van der Waals surface area contributed by atoms with Gasteiger partial charge in [-0.3, -0.25) is 0 Å². The van der Waals surface area contributed by atoms with Crippen LogP contribution >= 0.6 is 23.3 Å². The van der Waals surface area contributed by atoms with Crippen LogP contribution in [0.25, 0.3) is 75.0 Å². The van der Waals surface area contributed by atoms with Crippen molar-refractivity contribution in [3.8, 4) is 22.4 Å². The lowest BCUT2D eigenvalue weighted by molar-refractivity contribution is 1.17. The molecule has 2 aromatic heterocycles. The predicted octanol–water partition coefficient (Wildman–Crippen LogP) is 11.8. The second-order valence-corrected chi connectivity index (χ2v) is 13.3. The van der Waals surface area contributed by atoms with Crippen LogP contribution in [0.4, 0.5) is 11.6 Å². The van der Waals surface area contributed by atoms with E-state index in [1.165, 1.54) is 52.8 Å². The normalized spacial score (nSPS) is 13.1. The van der Waals surface area contributed by atoms with Crippen molar-refractivity contribution in [3.63, 3.8) is 0 Å². The molecule has 0 unspecified atom stereocenters. The summed E-state index contributed by atoms with van der Waals surface area (Å²) in [4.78, 5) is 11.7. The molecule has 1 aliphatic rings. The van der Waals surface area contributed by atoms with Gasteiger partial charge in [0.15, 0.2) is 0 Å². The second kappa shape index (κ2) is 9.63. The first-order valence-electron chi connectivity index (χ1n) is 15.4. The lowest BCUT2D eigenvalue weighted by Crippen LogP contribution is -2.16. The summed E-state index contributed by atoms with van der Waals surface area (Å²) in [6.45, 7) is 0. The number of hydrogen-bond donors (Lipinski definition) is 0. The van der Waals surface area contributed by atoms with E-state index < -0.39 is 0 Å². The van der Waals surface area contributed by atoms with E-state index in [9.17, 15) is 0 Å². The third kappa shape index (κ3) is 3.65. The van der Waals surface area contributed by atoms with Crippen LogP contribution in [0.15, 0.2) is 144 Å². The molecule has 9 aromatic rings. The number of aromatic nitrogens is 2. The molecule has 0 N–H and O–H groups in total. The van der Waals surface area contributed by atoms with Gasteiger partial charge in [-0.2, -0.15) is 0 Å². The predicted molar refractivity (Wildman–Crippen MR) is 193 cm³/mol. The number of hydrogen-bond acceptors (Lipinski definition) is 5. The van der Waals surface area contributed by atoms with Crippen molar-refractivity contribution in [1.29, 1.82) is 0 Å². The van der Waals surface area contributed by atoms with Crippen LogP contribution in [0.1, 0.15) is 1.37 Å². The minimum absolute atomic E-state index is 0.387. The van der Waals surface area contributed by atoms with E-state index >= 15 is 0 Å². The molecule has 0 bridgehead atoms. The molecule has 45 heavy (non-hydrogen) atoms. The summed E-state index contributed by atoms with van der Waals surface area (Å²) in [7, 11) is 0. The maximum Gasteiger partial charge on any atom is 0.241 e. The van der Waals surface area contributed by atoms with Gasteiger partial charge >= 0.3 is 0 Å². The van der Waals surface area contributed by atoms with Crippen molar-refractivity contribution < 1.29 is 1.37 Å². The van der Waals surface area contributed by atoms with Crippen LogP contribution in [-0.2, 0) is 0 Å². The number of rotatable bonds is 2. The van der Waals surface area contributed by atoms with Crippen LogP contribution < -0.4 is 4.31 Å². The largest absolute Gasteiger partial charge is 0.246 e. The van der Waals surface area contributed by atoms with Crippen molar-refractivity contribution in [2.45, 2.75) is 4.90 Å². The van der Waals surface area contributed by atoms with Gasteiger partial charge in [0.05, 0.1) is 23.0 Å². The number of nitrogens with zero attached hydrogens (tertiary/aromatic N) is 3. The van der Waals surface area contributed by atoms with Crippen LogP contribution in [0.3, 0.4) is 0 Å². The Morgan fingerprint density at radius 2 is 1.29 bits per heavy atom. The van der Waals surface area contributed by atoms with Crippen molar-refractivity contribution in [2.24, 2.45) is 0 Å². The number of para-hydroxylation sites is 1. The first kappa shape index (κ1) is 24.1. The standard InChI is InChI=1S/C40H23N3S2/c1-2-13-25(14-3-1)37-29-18-8-10-20-31(29)41-40(42-37)43-38-36(35-26-15-5-4-12-24(26)22-23-33(35)45-43)28-17-7-6-16-27(28)34-30-19-9-11-21-32(30)44-39(34)38/h1-23H/i20D. The van der Waals surface area contributed by atoms with Crippen LogP contribution in [-0.4, -0.2) is 9.97 Å². The Balaban J connectivity index is 1.39. The maximum absolute atomic E-state index is 8.88. The van der Waals surface area contributed by atoms with Gasteiger partial charge in [-0.25, -0.2) is 14.3 Å². The summed E-state index contributed by atoms with van der Waals surface area (Å²) < 4.78 is 13.6. The van der Waals surface area contributed by atoms with E-state index in [2.05, 4.69) is 101 Å². The SMILES string of the molecule is [2H]c1cccc2c(-c3ccccc3)nc(N3Sc4ccc5ccccc5c4-c4c3c3sc5ccccc5c3c3ccccc43)nc12. The molecule has 7 aromatic carbocycles. The summed E-state index contributed by atoms with van der Waals surface area (Å²) in [6, 6.07) is 47.0. The third-order valence-electron chi connectivity index (χ3n) is 8.79.